The molecule has 0 spiro atoms. The van der Waals surface area contributed by atoms with Crippen molar-refractivity contribution in [2.45, 2.75) is 26.8 Å². The van der Waals surface area contributed by atoms with Crippen LogP contribution in [-0.2, 0) is 0 Å². The number of H-pyrrole nitrogens is 1. The number of rotatable bonds is 2. The van der Waals surface area contributed by atoms with Crippen LogP contribution in [-0.4, -0.2) is 12.0 Å². The van der Waals surface area contributed by atoms with Crippen molar-refractivity contribution in [2.75, 3.05) is 7.05 Å². The van der Waals surface area contributed by atoms with Crippen LogP contribution in [0.4, 0.5) is 0 Å². The standard InChI is InChI=1S/C13H17ClN2/c1-7-11(14)6-5-10-12(8(2)15-4)9(3)16-13(7)10/h5-6,8,15-16H,1-4H3. The maximum atomic E-state index is 6.13. The molecule has 0 saturated carbocycles. The van der Waals surface area contributed by atoms with Crippen LogP contribution < -0.4 is 5.32 Å². The number of aromatic nitrogens is 1. The van der Waals surface area contributed by atoms with Crippen molar-refractivity contribution in [1.82, 2.24) is 10.3 Å². The molecule has 2 nitrogen and oxygen atoms in total. The van der Waals surface area contributed by atoms with Crippen molar-refractivity contribution in [3.63, 3.8) is 0 Å². The van der Waals surface area contributed by atoms with Crippen LogP contribution in [0.5, 0.6) is 0 Å². The second-order valence-corrected chi connectivity index (χ2v) is 4.68. The number of hydrogen-bond acceptors (Lipinski definition) is 1. The fourth-order valence-electron chi connectivity index (χ4n) is 2.23. The van der Waals surface area contributed by atoms with Crippen molar-refractivity contribution < 1.29 is 0 Å². The van der Waals surface area contributed by atoms with E-state index in [1.165, 1.54) is 16.6 Å². The number of hydrogen-bond donors (Lipinski definition) is 2. The summed E-state index contributed by atoms with van der Waals surface area (Å²) in [6, 6.07) is 4.41. The Hall–Kier alpha value is -0.990. The Morgan fingerprint density at radius 2 is 2.00 bits per heavy atom. The van der Waals surface area contributed by atoms with Gasteiger partial charge in [-0.05, 0) is 45.0 Å². The van der Waals surface area contributed by atoms with E-state index in [4.69, 9.17) is 11.6 Å². The average molecular weight is 237 g/mol. The van der Waals surface area contributed by atoms with Crippen molar-refractivity contribution in [3.05, 3.63) is 34.0 Å². The minimum absolute atomic E-state index is 0.342. The van der Waals surface area contributed by atoms with Crippen molar-refractivity contribution in [1.29, 1.82) is 0 Å². The molecule has 0 aliphatic heterocycles. The summed E-state index contributed by atoms with van der Waals surface area (Å²) < 4.78 is 0. The predicted molar refractivity (Wildman–Crippen MR) is 70.3 cm³/mol. The number of fused-ring (bicyclic) bond motifs is 1. The summed E-state index contributed by atoms with van der Waals surface area (Å²) in [5.74, 6) is 0. The van der Waals surface area contributed by atoms with Crippen molar-refractivity contribution >= 4 is 22.5 Å². The molecule has 0 saturated heterocycles. The van der Waals surface area contributed by atoms with E-state index in [0.29, 0.717) is 6.04 Å². The minimum atomic E-state index is 0.342. The van der Waals surface area contributed by atoms with Crippen LogP contribution >= 0.6 is 11.6 Å². The maximum Gasteiger partial charge on any atom is 0.0504 e. The second kappa shape index (κ2) is 4.11. The highest BCUT2D eigenvalue weighted by atomic mass is 35.5. The molecule has 1 aromatic heterocycles. The number of aryl methyl sites for hydroxylation is 2. The van der Waals surface area contributed by atoms with Gasteiger partial charge in [0.2, 0.25) is 0 Å². The van der Waals surface area contributed by atoms with Crippen LogP contribution in [0.3, 0.4) is 0 Å². The van der Waals surface area contributed by atoms with Gasteiger partial charge in [0.15, 0.2) is 0 Å². The molecule has 1 heterocycles. The van der Waals surface area contributed by atoms with Crippen molar-refractivity contribution in [3.8, 4) is 0 Å². The van der Waals surface area contributed by atoms with Gasteiger partial charge < -0.3 is 10.3 Å². The molecule has 2 aromatic rings. The van der Waals surface area contributed by atoms with Gasteiger partial charge in [0.05, 0.1) is 5.52 Å². The van der Waals surface area contributed by atoms with E-state index in [9.17, 15) is 0 Å². The van der Waals surface area contributed by atoms with E-state index in [1.54, 1.807) is 0 Å². The first-order valence-electron chi connectivity index (χ1n) is 5.50. The molecule has 16 heavy (non-hydrogen) atoms. The van der Waals surface area contributed by atoms with E-state index in [0.717, 1.165) is 16.1 Å². The van der Waals surface area contributed by atoms with E-state index in [1.807, 2.05) is 13.1 Å². The first kappa shape index (κ1) is 11.5. The van der Waals surface area contributed by atoms with E-state index < -0.39 is 0 Å². The topological polar surface area (TPSA) is 27.8 Å². The van der Waals surface area contributed by atoms with E-state index in [-0.39, 0.29) is 0 Å². The zero-order chi connectivity index (χ0) is 11.9. The van der Waals surface area contributed by atoms with Gasteiger partial charge in [-0.25, -0.2) is 0 Å². The molecule has 1 atom stereocenters. The lowest BCUT2D eigenvalue weighted by atomic mass is 10.0. The Balaban J connectivity index is 2.76. The zero-order valence-corrected chi connectivity index (χ0v) is 10.9. The lowest BCUT2D eigenvalue weighted by Gasteiger charge is -2.10. The quantitative estimate of drug-likeness (QED) is 0.817. The van der Waals surface area contributed by atoms with Gasteiger partial charge in [0.25, 0.3) is 0 Å². The molecule has 1 unspecified atom stereocenters. The SMILES string of the molecule is CNC(C)c1c(C)[nH]c2c(C)c(Cl)ccc12. The number of nitrogens with one attached hydrogen (secondary N) is 2. The Labute approximate surface area is 101 Å². The second-order valence-electron chi connectivity index (χ2n) is 4.27. The van der Waals surface area contributed by atoms with Gasteiger partial charge in [-0.3, -0.25) is 0 Å². The van der Waals surface area contributed by atoms with Crippen LogP contribution in [0.1, 0.15) is 29.8 Å². The average Bonchev–Trinajstić information content (AvgIpc) is 2.60. The lowest BCUT2D eigenvalue weighted by Crippen LogP contribution is -2.12. The Morgan fingerprint density at radius 3 is 2.62 bits per heavy atom. The molecule has 2 rings (SSSR count). The van der Waals surface area contributed by atoms with Gasteiger partial charge >= 0.3 is 0 Å². The highest BCUT2D eigenvalue weighted by Crippen LogP contribution is 2.32. The first-order valence-corrected chi connectivity index (χ1v) is 5.88. The van der Waals surface area contributed by atoms with Crippen LogP contribution in [0.2, 0.25) is 5.02 Å². The Bertz CT molecular complexity index is 528. The molecule has 0 amide bonds. The molecule has 0 fully saturated rings. The molecule has 86 valence electrons. The number of halogens is 1. The fraction of sp³-hybridized carbons (Fsp3) is 0.385. The van der Waals surface area contributed by atoms with Gasteiger partial charge in [0, 0.05) is 22.1 Å². The summed E-state index contributed by atoms with van der Waals surface area (Å²) in [6.45, 7) is 6.32. The van der Waals surface area contributed by atoms with Gasteiger partial charge in [-0.15, -0.1) is 0 Å². The third-order valence-corrected chi connectivity index (χ3v) is 3.68. The monoisotopic (exact) mass is 236 g/mol. The largest absolute Gasteiger partial charge is 0.358 e. The van der Waals surface area contributed by atoms with Gasteiger partial charge in [-0.1, -0.05) is 17.7 Å². The molecule has 0 aliphatic rings. The molecular weight excluding hydrogens is 220 g/mol. The van der Waals surface area contributed by atoms with Crippen LogP contribution in [0.25, 0.3) is 10.9 Å². The normalized spacial score (nSPS) is 13.3. The Kier molecular flexibility index (Phi) is 2.96. The van der Waals surface area contributed by atoms with Gasteiger partial charge in [0.1, 0.15) is 0 Å². The first-order chi connectivity index (χ1) is 7.56. The Morgan fingerprint density at radius 1 is 1.31 bits per heavy atom. The molecule has 3 heteroatoms. The highest BCUT2D eigenvalue weighted by Gasteiger charge is 2.15. The number of aromatic amines is 1. The molecule has 0 radical (unpaired) electrons. The third kappa shape index (κ3) is 1.62. The third-order valence-electron chi connectivity index (χ3n) is 3.27. The summed E-state index contributed by atoms with van der Waals surface area (Å²) in [4.78, 5) is 3.43. The van der Waals surface area contributed by atoms with Gasteiger partial charge in [-0.2, -0.15) is 0 Å². The minimum Gasteiger partial charge on any atom is -0.358 e. The molecule has 0 aliphatic carbocycles. The fourth-order valence-corrected chi connectivity index (χ4v) is 2.39. The van der Waals surface area contributed by atoms with Crippen molar-refractivity contribution in [2.24, 2.45) is 0 Å². The van der Waals surface area contributed by atoms with E-state index >= 15 is 0 Å². The summed E-state index contributed by atoms with van der Waals surface area (Å²) in [5.41, 5.74) is 4.82. The smallest absolute Gasteiger partial charge is 0.0504 e. The molecular formula is C13H17ClN2. The summed E-state index contributed by atoms with van der Waals surface area (Å²) in [7, 11) is 1.98. The summed E-state index contributed by atoms with van der Waals surface area (Å²) in [6.07, 6.45) is 0. The zero-order valence-electron chi connectivity index (χ0n) is 10.1. The molecule has 1 aromatic carbocycles. The maximum absolute atomic E-state index is 6.13. The van der Waals surface area contributed by atoms with E-state index in [2.05, 4.69) is 37.1 Å². The van der Waals surface area contributed by atoms with Crippen LogP contribution in [0.15, 0.2) is 12.1 Å². The summed E-state index contributed by atoms with van der Waals surface area (Å²) in [5, 5.41) is 5.36. The lowest BCUT2D eigenvalue weighted by molar-refractivity contribution is 0.653. The highest BCUT2D eigenvalue weighted by molar-refractivity contribution is 6.32. The summed E-state index contributed by atoms with van der Waals surface area (Å²) >= 11 is 6.13. The molecule has 2 N–H and O–H groups in total. The molecule has 0 bridgehead atoms. The number of benzene rings is 1. The van der Waals surface area contributed by atoms with Crippen LogP contribution in [0, 0.1) is 13.8 Å². The predicted octanol–water partition coefficient (Wildman–Crippen LogP) is 3.72.